The molecule has 1 atom stereocenters. The minimum absolute atomic E-state index is 0.0596. The molecule has 0 aromatic heterocycles. The highest BCUT2D eigenvalue weighted by Crippen LogP contribution is 2.44. The van der Waals surface area contributed by atoms with E-state index in [9.17, 15) is 14.7 Å². The van der Waals surface area contributed by atoms with Gasteiger partial charge in [0.25, 0.3) is 0 Å². The van der Waals surface area contributed by atoms with Crippen LogP contribution in [0.25, 0.3) is 0 Å². The zero-order chi connectivity index (χ0) is 12.6. The Balaban J connectivity index is 2.37. The maximum Gasteiger partial charge on any atom is 0.335 e. The van der Waals surface area contributed by atoms with Crippen molar-refractivity contribution in [1.29, 1.82) is 0 Å². The van der Waals surface area contributed by atoms with Crippen molar-refractivity contribution in [2.24, 2.45) is 11.7 Å². The number of benzene rings is 1. The lowest BCUT2D eigenvalue weighted by Gasteiger charge is -2.25. The number of carboxylic acid groups (broad SMARTS) is 2. The maximum absolute atomic E-state index is 11.3. The highest BCUT2D eigenvalue weighted by Gasteiger charge is 2.49. The molecule has 0 bridgehead atoms. The van der Waals surface area contributed by atoms with Crippen LogP contribution in [-0.4, -0.2) is 22.2 Å². The van der Waals surface area contributed by atoms with Gasteiger partial charge < -0.3 is 15.9 Å². The van der Waals surface area contributed by atoms with Crippen LogP contribution in [0.1, 0.15) is 28.8 Å². The smallest absolute Gasteiger partial charge is 0.335 e. The minimum Gasteiger partial charge on any atom is -0.480 e. The molecule has 90 valence electrons. The van der Waals surface area contributed by atoms with Crippen LogP contribution in [0, 0.1) is 5.92 Å². The summed E-state index contributed by atoms with van der Waals surface area (Å²) in [6, 6.07) is 5.72. The van der Waals surface area contributed by atoms with Crippen molar-refractivity contribution in [2.75, 3.05) is 0 Å². The number of aromatic carboxylic acids is 1. The Labute approximate surface area is 97.9 Å². The lowest BCUT2D eigenvalue weighted by atomic mass is 9.85. The summed E-state index contributed by atoms with van der Waals surface area (Å²) >= 11 is 0. The van der Waals surface area contributed by atoms with Crippen LogP contribution in [-0.2, 0) is 10.3 Å². The fourth-order valence-corrected chi connectivity index (χ4v) is 1.96. The average Bonchev–Trinajstić information content (AvgIpc) is 3.12. The summed E-state index contributed by atoms with van der Waals surface area (Å²) in [5, 5.41) is 18.0. The molecular weight excluding hydrogens is 222 g/mol. The van der Waals surface area contributed by atoms with Crippen molar-refractivity contribution < 1.29 is 19.8 Å². The Bertz CT molecular complexity index is 464. The second-order valence-corrected chi connectivity index (χ2v) is 4.33. The van der Waals surface area contributed by atoms with Crippen LogP contribution in [0.5, 0.6) is 0 Å². The summed E-state index contributed by atoms with van der Waals surface area (Å²) in [7, 11) is 0. The molecule has 1 aromatic rings. The van der Waals surface area contributed by atoms with Crippen LogP contribution < -0.4 is 5.73 Å². The standard InChI is InChI=1S/C12H13NO4/c13-12(11(16)17,9-5-6-9)8-3-1-7(2-4-8)10(14)15/h1-4,9H,5-6,13H2,(H,14,15)(H,16,17)/t12-/m1/s1. The van der Waals surface area contributed by atoms with Gasteiger partial charge in [0.05, 0.1) is 5.56 Å². The minimum atomic E-state index is -1.39. The van der Waals surface area contributed by atoms with Gasteiger partial charge in [-0.2, -0.15) is 0 Å². The number of carboxylic acids is 2. The number of aliphatic carboxylic acids is 1. The predicted octanol–water partition coefficient (Wildman–Crippen LogP) is 1.03. The molecular formula is C12H13NO4. The summed E-state index contributed by atoms with van der Waals surface area (Å²) in [6.07, 6.45) is 1.59. The molecule has 0 unspecified atom stereocenters. The summed E-state index contributed by atoms with van der Waals surface area (Å²) < 4.78 is 0. The van der Waals surface area contributed by atoms with Gasteiger partial charge in [0.15, 0.2) is 0 Å². The third kappa shape index (κ3) is 1.89. The van der Waals surface area contributed by atoms with Crippen molar-refractivity contribution in [2.45, 2.75) is 18.4 Å². The summed E-state index contributed by atoms with van der Waals surface area (Å²) in [5.74, 6) is -2.17. The van der Waals surface area contributed by atoms with Gasteiger partial charge in [0.1, 0.15) is 5.54 Å². The molecule has 1 saturated carbocycles. The first-order valence-corrected chi connectivity index (χ1v) is 5.32. The van der Waals surface area contributed by atoms with E-state index in [-0.39, 0.29) is 11.5 Å². The monoisotopic (exact) mass is 235 g/mol. The second kappa shape index (κ2) is 3.85. The van der Waals surface area contributed by atoms with E-state index in [0.29, 0.717) is 5.56 Å². The highest BCUT2D eigenvalue weighted by atomic mass is 16.4. The molecule has 4 N–H and O–H groups in total. The quantitative estimate of drug-likeness (QED) is 0.723. The molecule has 0 saturated heterocycles. The Morgan fingerprint density at radius 2 is 1.71 bits per heavy atom. The topological polar surface area (TPSA) is 101 Å². The Morgan fingerprint density at radius 1 is 1.18 bits per heavy atom. The summed E-state index contributed by atoms with van der Waals surface area (Å²) in [6.45, 7) is 0. The van der Waals surface area contributed by atoms with Crippen LogP contribution >= 0.6 is 0 Å². The molecule has 0 aliphatic heterocycles. The first-order valence-electron chi connectivity index (χ1n) is 5.32. The molecule has 1 aliphatic rings. The fraction of sp³-hybridized carbons (Fsp3) is 0.333. The van der Waals surface area contributed by atoms with Gasteiger partial charge in [-0.25, -0.2) is 9.59 Å². The van der Waals surface area contributed by atoms with Crippen LogP contribution in [0.15, 0.2) is 24.3 Å². The van der Waals surface area contributed by atoms with Crippen molar-refractivity contribution in [3.63, 3.8) is 0 Å². The SMILES string of the molecule is N[C@](C(=O)O)(c1ccc(C(=O)O)cc1)C1CC1. The third-order valence-electron chi connectivity index (χ3n) is 3.18. The van der Waals surface area contributed by atoms with E-state index in [2.05, 4.69) is 0 Å². The fourth-order valence-electron chi connectivity index (χ4n) is 1.96. The van der Waals surface area contributed by atoms with Gasteiger partial charge in [-0.1, -0.05) is 12.1 Å². The molecule has 2 rings (SSSR count). The Hall–Kier alpha value is -1.88. The normalized spacial score (nSPS) is 18.4. The van der Waals surface area contributed by atoms with Gasteiger partial charge in [0.2, 0.25) is 0 Å². The van der Waals surface area contributed by atoms with E-state index < -0.39 is 17.5 Å². The molecule has 0 amide bonds. The lowest BCUT2D eigenvalue weighted by molar-refractivity contribution is -0.144. The lowest BCUT2D eigenvalue weighted by Crippen LogP contribution is -2.47. The van der Waals surface area contributed by atoms with Gasteiger partial charge in [-0.05, 0) is 36.5 Å². The first kappa shape index (κ1) is 11.6. The average molecular weight is 235 g/mol. The molecule has 0 heterocycles. The molecule has 0 radical (unpaired) electrons. The van der Waals surface area contributed by atoms with Gasteiger partial charge >= 0.3 is 11.9 Å². The zero-order valence-corrected chi connectivity index (χ0v) is 9.09. The van der Waals surface area contributed by atoms with Crippen LogP contribution in [0.2, 0.25) is 0 Å². The second-order valence-electron chi connectivity index (χ2n) is 4.33. The number of nitrogens with two attached hydrogens (primary N) is 1. The van der Waals surface area contributed by atoms with Crippen LogP contribution in [0.4, 0.5) is 0 Å². The van der Waals surface area contributed by atoms with Crippen molar-refractivity contribution in [3.05, 3.63) is 35.4 Å². The third-order valence-corrected chi connectivity index (χ3v) is 3.18. The molecule has 5 nitrogen and oxygen atoms in total. The molecule has 5 heteroatoms. The van der Waals surface area contributed by atoms with Gasteiger partial charge in [-0.3, -0.25) is 0 Å². The number of hydrogen-bond acceptors (Lipinski definition) is 3. The first-order chi connectivity index (χ1) is 7.96. The highest BCUT2D eigenvalue weighted by molar-refractivity contribution is 5.88. The van der Waals surface area contributed by atoms with E-state index in [1.165, 1.54) is 24.3 Å². The molecule has 1 fully saturated rings. The van der Waals surface area contributed by atoms with E-state index in [4.69, 9.17) is 10.8 Å². The zero-order valence-electron chi connectivity index (χ0n) is 9.09. The molecule has 1 aromatic carbocycles. The largest absolute Gasteiger partial charge is 0.480 e. The van der Waals surface area contributed by atoms with Crippen molar-refractivity contribution in [1.82, 2.24) is 0 Å². The van der Waals surface area contributed by atoms with Crippen molar-refractivity contribution in [3.8, 4) is 0 Å². The number of carbonyl (C=O) groups is 2. The Kier molecular flexibility index (Phi) is 2.63. The van der Waals surface area contributed by atoms with Gasteiger partial charge in [0, 0.05) is 0 Å². The number of hydrogen-bond donors (Lipinski definition) is 3. The van der Waals surface area contributed by atoms with E-state index in [0.717, 1.165) is 12.8 Å². The number of rotatable bonds is 4. The van der Waals surface area contributed by atoms with E-state index >= 15 is 0 Å². The predicted molar refractivity (Wildman–Crippen MR) is 59.6 cm³/mol. The Morgan fingerprint density at radius 3 is 2.06 bits per heavy atom. The summed E-state index contributed by atoms with van der Waals surface area (Å²) in [5.41, 5.74) is 5.13. The van der Waals surface area contributed by atoms with Crippen LogP contribution in [0.3, 0.4) is 0 Å². The van der Waals surface area contributed by atoms with Gasteiger partial charge in [-0.15, -0.1) is 0 Å². The molecule has 1 aliphatic carbocycles. The van der Waals surface area contributed by atoms with Crippen molar-refractivity contribution >= 4 is 11.9 Å². The van der Waals surface area contributed by atoms with E-state index in [1.807, 2.05) is 0 Å². The molecule has 17 heavy (non-hydrogen) atoms. The molecule has 0 spiro atoms. The summed E-state index contributed by atoms with van der Waals surface area (Å²) in [4.78, 5) is 22.0. The maximum atomic E-state index is 11.3. The van der Waals surface area contributed by atoms with E-state index in [1.54, 1.807) is 0 Å².